The Morgan fingerprint density at radius 1 is 1.03 bits per heavy atom. The number of rotatable bonds is 6. The van der Waals surface area contributed by atoms with Gasteiger partial charge >= 0.3 is 5.97 Å². The zero-order valence-electron chi connectivity index (χ0n) is 18.7. The van der Waals surface area contributed by atoms with Gasteiger partial charge in [0.25, 0.3) is 0 Å². The summed E-state index contributed by atoms with van der Waals surface area (Å²) in [5, 5.41) is 10.8. The molecular formula is C24H17F3N2O5S2. The molecule has 5 rings (SSSR count). The number of carboxylic acids is 1. The number of hydrogen-bond donors (Lipinski definition) is 2. The highest BCUT2D eigenvalue weighted by atomic mass is 32.2. The molecule has 186 valence electrons. The molecule has 0 spiro atoms. The number of fused-ring (bicyclic) bond motifs is 4. The van der Waals surface area contributed by atoms with Gasteiger partial charge in [0.05, 0.1) is 9.60 Å². The van der Waals surface area contributed by atoms with Gasteiger partial charge in [0, 0.05) is 22.4 Å². The number of aliphatic carboxylic acids is 1. The SMILES string of the molecule is CC(C)[C@H](NS(=O)(=O)c1ccc2c(c1)oc1ccc(-c3nc4c(F)c(F)c(F)cc4s3)cc12)C(=O)O. The van der Waals surface area contributed by atoms with Crippen molar-refractivity contribution in [3.8, 4) is 10.6 Å². The number of hydrogen-bond acceptors (Lipinski definition) is 6. The summed E-state index contributed by atoms with van der Waals surface area (Å²) in [7, 11) is -4.15. The first-order valence-corrected chi connectivity index (χ1v) is 12.9. The summed E-state index contributed by atoms with van der Waals surface area (Å²) in [5.41, 5.74) is 0.966. The molecule has 0 saturated carbocycles. The highest BCUT2D eigenvalue weighted by Gasteiger charge is 2.28. The summed E-state index contributed by atoms with van der Waals surface area (Å²) in [6, 6.07) is 8.74. The van der Waals surface area contributed by atoms with E-state index in [1.54, 1.807) is 32.0 Å². The van der Waals surface area contributed by atoms with Crippen LogP contribution in [-0.4, -0.2) is 30.5 Å². The minimum Gasteiger partial charge on any atom is -0.480 e. The Bertz CT molecular complexity index is 1790. The van der Waals surface area contributed by atoms with E-state index in [2.05, 4.69) is 9.71 Å². The Labute approximate surface area is 206 Å². The summed E-state index contributed by atoms with van der Waals surface area (Å²) in [6.07, 6.45) is 0. The Kier molecular flexibility index (Phi) is 5.77. The van der Waals surface area contributed by atoms with Crippen molar-refractivity contribution in [3.63, 3.8) is 0 Å². The standard InChI is InChI=1S/C24H17F3N2O5S2/c1-10(2)21(24(30)31)29-36(32,33)12-4-5-13-14-7-11(3-6-16(14)34-17(13)8-12)23-28-22-18(35-23)9-15(25)19(26)20(22)27/h3-10,21,29H,1-2H3,(H,30,31)/t21-/m0/s1. The molecule has 0 unspecified atom stereocenters. The molecule has 0 radical (unpaired) electrons. The first-order chi connectivity index (χ1) is 17.0. The van der Waals surface area contributed by atoms with Crippen LogP contribution in [0, 0.1) is 23.4 Å². The smallest absolute Gasteiger partial charge is 0.322 e. The maximum Gasteiger partial charge on any atom is 0.322 e. The van der Waals surface area contributed by atoms with Crippen LogP contribution in [-0.2, 0) is 14.8 Å². The maximum absolute atomic E-state index is 14.1. The van der Waals surface area contributed by atoms with Crippen LogP contribution in [0.5, 0.6) is 0 Å². The van der Waals surface area contributed by atoms with Gasteiger partial charge in [0.2, 0.25) is 10.0 Å². The molecule has 0 amide bonds. The Morgan fingerprint density at radius 2 is 1.78 bits per heavy atom. The van der Waals surface area contributed by atoms with Crippen molar-refractivity contribution in [1.29, 1.82) is 0 Å². The molecule has 0 aliphatic heterocycles. The molecule has 0 fully saturated rings. The number of thiazole rings is 1. The average Bonchev–Trinajstić information content (AvgIpc) is 3.41. The molecule has 36 heavy (non-hydrogen) atoms. The van der Waals surface area contributed by atoms with Crippen LogP contribution in [0.25, 0.3) is 42.7 Å². The van der Waals surface area contributed by atoms with Gasteiger partial charge in [0.15, 0.2) is 17.5 Å². The lowest BCUT2D eigenvalue weighted by molar-refractivity contribution is -0.140. The van der Waals surface area contributed by atoms with Gasteiger partial charge in [-0.3, -0.25) is 4.79 Å². The number of furan rings is 1. The van der Waals surface area contributed by atoms with Crippen molar-refractivity contribution in [2.24, 2.45) is 5.92 Å². The normalized spacial score (nSPS) is 13.3. The van der Waals surface area contributed by atoms with Crippen LogP contribution in [0.4, 0.5) is 13.2 Å². The van der Waals surface area contributed by atoms with E-state index in [-0.39, 0.29) is 20.7 Å². The lowest BCUT2D eigenvalue weighted by atomic mass is 10.1. The fourth-order valence-electron chi connectivity index (χ4n) is 3.86. The van der Waals surface area contributed by atoms with E-state index in [0.29, 0.717) is 26.9 Å². The summed E-state index contributed by atoms with van der Waals surface area (Å²) in [4.78, 5) is 15.4. The van der Waals surface area contributed by atoms with Gasteiger partial charge in [-0.25, -0.2) is 26.6 Å². The molecule has 12 heteroatoms. The average molecular weight is 535 g/mol. The quantitative estimate of drug-likeness (QED) is 0.272. The van der Waals surface area contributed by atoms with Gasteiger partial charge in [-0.1, -0.05) is 13.8 Å². The van der Waals surface area contributed by atoms with Crippen LogP contribution in [0.1, 0.15) is 13.8 Å². The maximum atomic E-state index is 14.1. The van der Waals surface area contributed by atoms with Crippen molar-refractivity contribution in [2.45, 2.75) is 24.8 Å². The molecule has 0 aliphatic carbocycles. The van der Waals surface area contributed by atoms with Gasteiger partial charge in [0.1, 0.15) is 27.7 Å². The summed E-state index contributed by atoms with van der Waals surface area (Å²) < 4.78 is 75.1. The Balaban J connectivity index is 1.56. The summed E-state index contributed by atoms with van der Waals surface area (Å²) in [5.74, 6) is -6.00. The predicted molar refractivity (Wildman–Crippen MR) is 129 cm³/mol. The molecule has 0 saturated heterocycles. The molecule has 1 atom stereocenters. The van der Waals surface area contributed by atoms with Gasteiger partial charge in [-0.05, 0) is 42.3 Å². The van der Waals surface area contributed by atoms with Gasteiger partial charge < -0.3 is 9.52 Å². The second-order valence-electron chi connectivity index (χ2n) is 8.50. The number of sulfonamides is 1. The van der Waals surface area contributed by atoms with E-state index in [1.807, 2.05) is 0 Å². The first kappa shape index (κ1) is 24.2. The minimum atomic E-state index is -4.15. The van der Waals surface area contributed by atoms with Crippen LogP contribution in [0.3, 0.4) is 0 Å². The highest BCUT2D eigenvalue weighted by Crippen LogP contribution is 2.37. The van der Waals surface area contributed by atoms with Crippen molar-refractivity contribution < 1.29 is 35.9 Å². The molecule has 2 aromatic heterocycles. The second-order valence-corrected chi connectivity index (χ2v) is 11.2. The van der Waals surface area contributed by atoms with Crippen LogP contribution in [0.2, 0.25) is 0 Å². The van der Waals surface area contributed by atoms with Crippen molar-refractivity contribution in [1.82, 2.24) is 9.71 Å². The topological polar surface area (TPSA) is 110 Å². The number of aromatic nitrogens is 1. The third kappa shape index (κ3) is 4.00. The monoisotopic (exact) mass is 534 g/mol. The molecular weight excluding hydrogens is 517 g/mol. The third-order valence-electron chi connectivity index (χ3n) is 5.74. The summed E-state index contributed by atoms with van der Waals surface area (Å²) >= 11 is 0.996. The van der Waals surface area contributed by atoms with E-state index in [9.17, 15) is 31.5 Å². The number of nitrogens with one attached hydrogen (secondary N) is 1. The van der Waals surface area contributed by atoms with Gasteiger partial charge in [-0.2, -0.15) is 4.72 Å². The molecule has 2 N–H and O–H groups in total. The van der Waals surface area contributed by atoms with E-state index in [1.165, 1.54) is 18.2 Å². The summed E-state index contributed by atoms with van der Waals surface area (Å²) in [6.45, 7) is 3.18. The van der Waals surface area contributed by atoms with Crippen molar-refractivity contribution >= 4 is 59.5 Å². The predicted octanol–water partition coefficient (Wildman–Crippen LogP) is 5.67. The number of halogens is 3. The van der Waals surface area contributed by atoms with Gasteiger partial charge in [-0.15, -0.1) is 11.3 Å². The third-order valence-corrected chi connectivity index (χ3v) is 8.23. The van der Waals surface area contributed by atoms with E-state index in [0.717, 1.165) is 17.4 Å². The van der Waals surface area contributed by atoms with Crippen LogP contribution < -0.4 is 4.72 Å². The largest absolute Gasteiger partial charge is 0.480 e. The minimum absolute atomic E-state index is 0.155. The fourth-order valence-corrected chi connectivity index (χ4v) is 6.20. The first-order valence-electron chi connectivity index (χ1n) is 10.6. The van der Waals surface area contributed by atoms with E-state index in [4.69, 9.17) is 4.42 Å². The molecule has 7 nitrogen and oxygen atoms in total. The van der Waals surface area contributed by atoms with Crippen molar-refractivity contribution in [3.05, 3.63) is 59.9 Å². The number of carbonyl (C=O) groups is 1. The lowest BCUT2D eigenvalue weighted by Crippen LogP contribution is -2.44. The zero-order valence-corrected chi connectivity index (χ0v) is 20.3. The number of carboxylic acid groups (broad SMARTS) is 1. The number of nitrogens with zero attached hydrogens (tertiary/aromatic N) is 1. The fraction of sp³-hybridized carbons (Fsp3) is 0.167. The highest BCUT2D eigenvalue weighted by molar-refractivity contribution is 7.89. The van der Waals surface area contributed by atoms with E-state index < -0.39 is 45.4 Å². The molecule has 5 aromatic rings. The van der Waals surface area contributed by atoms with E-state index >= 15 is 0 Å². The van der Waals surface area contributed by atoms with Crippen LogP contribution in [0.15, 0.2) is 51.8 Å². The zero-order chi connectivity index (χ0) is 25.9. The molecule has 2 heterocycles. The Hall–Kier alpha value is -3.48. The molecule has 0 bridgehead atoms. The lowest BCUT2D eigenvalue weighted by Gasteiger charge is -2.17. The molecule has 0 aliphatic rings. The molecule has 3 aromatic carbocycles. The van der Waals surface area contributed by atoms with Crippen LogP contribution >= 0.6 is 11.3 Å². The van der Waals surface area contributed by atoms with Crippen molar-refractivity contribution in [2.75, 3.05) is 0 Å². The second kappa shape index (κ2) is 8.57. The number of benzene rings is 3. The Morgan fingerprint density at radius 3 is 2.47 bits per heavy atom.